The molecule has 4 rings (SSSR count). The smallest absolute Gasteiger partial charge is 0.292 e. The van der Waals surface area contributed by atoms with E-state index in [2.05, 4.69) is 5.32 Å². The number of anilines is 1. The Hall–Kier alpha value is -3.01. The second-order valence-corrected chi connectivity index (χ2v) is 10.5. The van der Waals surface area contributed by atoms with Crippen molar-refractivity contribution < 1.29 is 14.5 Å². The molecule has 12 heteroatoms. The van der Waals surface area contributed by atoms with Gasteiger partial charge in [-0.2, -0.15) is 0 Å². The predicted octanol–water partition coefficient (Wildman–Crippen LogP) is 7.45. The van der Waals surface area contributed by atoms with Crippen molar-refractivity contribution in [3.05, 3.63) is 115 Å². The highest BCUT2D eigenvalue weighted by Gasteiger charge is 2.30. The Bertz CT molecular complexity index is 1360. The average molecular weight is 610 g/mol. The minimum Gasteiger partial charge on any atom is -0.365 e. The molecule has 8 nitrogen and oxygen atoms in total. The van der Waals surface area contributed by atoms with E-state index in [-0.39, 0.29) is 30.3 Å². The highest BCUT2D eigenvalue weighted by atomic mass is 35.5. The summed E-state index contributed by atoms with van der Waals surface area (Å²) in [5.74, 6) is -0.333. The fourth-order valence-electron chi connectivity index (χ4n) is 3.96. The van der Waals surface area contributed by atoms with Gasteiger partial charge in [-0.25, -0.2) is 0 Å². The molecule has 1 N–H and O–H groups in total. The van der Waals surface area contributed by atoms with Crippen LogP contribution in [0.25, 0.3) is 0 Å². The van der Waals surface area contributed by atoms with E-state index < -0.39 is 16.5 Å². The number of carbonyl (C=O) groups excluding carboxylic acids is 1. The largest absolute Gasteiger partial charge is 0.365 e. The van der Waals surface area contributed by atoms with Crippen molar-refractivity contribution in [1.82, 2.24) is 9.80 Å². The van der Waals surface area contributed by atoms with E-state index >= 15 is 0 Å². The van der Waals surface area contributed by atoms with Gasteiger partial charge in [-0.1, -0.05) is 76.7 Å². The Morgan fingerprint density at radius 2 is 1.74 bits per heavy atom. The summed E-state index contributed by atoms with van der Waals surface area (Å²) < 4.78 is 6.26. The maximum Gasteiger partial charge on any atom is 0.292 e. The van der Waals surface area contributed by atoms with Crippen molar-refractivity contribution in [3.8, 4) is 0 Å². The maximum absolute atomic E-state index is 12.5. The summed E-state index contributed by atoms with van der Waals surface area (Å²) in [5.41, 5.74) is 1.01. The van der Waals surface area contributed by atoms with Crippen LogP contribution in [-0.4, -0.2) is 39.3 Å². The van der Waals surface area contributed by atoms with Gasteiger partial charge in [0.15, 0.2) is 0 Å². The molecule has 0 fully saturated rings. The summed E-state index contributed by atoms with van der Waals surface area (Å²) in [6, 6.07) is 18.5. The second kappa shape index (κ2) is 13.4. The van der Waals surface area contributed by atoms with Crippen molar-refractivity contribution in [1.29, 1.82) is 0 Å². The van der Waals surface area contributed by atoms with E-state index in [9.17, 15) is 14.9 Å². The summed E-state index contributed by atoms with van der Waals surface area (Å²) >= 11 is 25.4. The fourth-order valence-corrected chi connectivity index (χ4v) is 4.90. The predicted molar refractivity (Wildman–Crippen MR) is 154 cm³/mol. The molecule has 204 valence electrons. The maximum atomic E-state index is 12.5. The van der Waals surface area contributed by atoms with Crippen molar-refractivity contribution in [2.45, 2.75) is 24.6 Å². The molecule has 1 heterocycles. The number of rotatable bonds is 11. The number of alkyl halides is 1. The molecule has 0 radical (unpaired) electrons. The Balaban J connectivity index is 1.37. The van der Waals surface area contributed by atoms with Crippen LogP contribution in [0.4, 0.5) is 11.4 Å². The van der Waals surface area contributed by atoms with Crippen LogP contribution >= 0.6 is 46.4 Å². The van der Waals surface area contributed by atoms with Crippen LogP contribution in [-0.2, 0) is 16.1 Å². The summed E-state index contributed by atoms with van der Waals surface area (Å²) in [6.45, 7) is 1.01. The number of nitro groups is 1. The average Bonchev–Trinajstić information content (AvgIpc) is 3.39. The number of benzene rings is 3. The monoisotopic (exact) mass is 608 g/mol. The SMILES string of the molecule is O=C(CCN1C=CN(C(Cl)C(OCc2ccc(Cl)cc2Cl)c2ccc(Cl)cc2)C1)Nc1ccccc1[N+](=O)[O-]. The number of nitrogens with zero attached hydrogens (tertiary/aromatic N) is 3. The first-order chi connectivity index (χ1) is 18.7. The number of nitro benzene ring substituents is 1. The third kappa shape index (κ3) is 7.77. The van der Waals surface area contributed by atoms with E-state index in [1.54, 1.807) is 42.5 Å². The Morgan fingerprint density at radius 1 is 1.03 bits per heavy atom. The molecule has 0 aliphatic carbocycles. The molecule has 0 saturated carbocycles. The van der Waals surface area contributed by atoms with E-state index in [4.69, 9.17) is 51.1 Å². The molecule has 0 aromatic heterocycles. The van der Waals surface area contributed by atoms with Gasteiger partial charge in [-0.3, -0.25) is 14.9 Å². The summed E-state index contributed by atoms with van der Waals surface area (Å²) in [4.78, 5) is 26.9. The lowest BCUT2D eigenvalue weighted by molar-refractivity contribution is -0.383. The van der Waals surface area contributed by atoms with Crippen LogP contribution in [0.2, 0.25) is 15.1 Å². The van der Waals surface area contributed by atoms with Crippen molar-refractivity contribution in [3.63, 3.8) is 0 Å². The first-order valence-electron chi connectivity index (χ1n) is 11.9. The zero-order valence-electron chi connectivity index (χ0n) is 20.5. The minimum absolute atomic E-state index is 0.128. The van der Waals surface area contributed by atoms with Gasteiger partial charge in [0.1, 0.15) is 17.3 Å². The number of hydrogen-bond acceptors (Lipinski definition) is 6. The van der Waals surface area contributed by atoms with Crippen LogP contribution in [0.3, 0.4) is 0 Å². The molecule has 1 aliphatic heterocycles. The van der Waals surface area contributed by atoms with Gasteiger partial charge >= 0.3 is 0 Å². The standard InChI is InChI=1S/C27H24Cl4N4O4/c28-20-8-5-18(6-9-20)26(39-16-19-7-10-21(29)15-22(19)30)27(31)34-14-13-33(17-34)12-11-25(36)32-23-3-1-2-4-24(23)35(37)38/h1-10,13-15,26-27H,11-12,16-17H2,(H,32,36). The third-order valence-corrected chi connectivity index (χ3v) is 7.33. The molecule has 2 unspecified atom stereocenters. The first kappa shape index (κ1) is 29.0. The molecule has 3 aromatic carbocycles. The Kier molecular flexibility index (Phi) is 9.94. The topological polar surface area (TPSA) is 88.0 Å². The number of ether oxygens (including phenoxy) is 1. The Labute approximate surface area is 245 Å². The van der Waals surface area contributed by atoms with E-state index in [0.29, 0.717) is 28.3 Å². The van der Waals surface area contributed by atoms with Crippen LogP contribution in [0.1, 0.15) is 23.7 Å². The lowest BCUT2D eigenvalue weighted by Gasteiger charge is -2.31. The van der Waals surface area contributed by atoms with Gasteiger partial charge in [0.05, 0.1) is 18.2 Å². The van der Waals surface area contributed by atoms with E-state index in [1.807, 2.05) is 34.3 Å². The molecule has 1 amide bonds. The highest BCUT2D eigenvalue weighted by molar-refractivity contribution is 6.35. The van der Waals surface area contributed by atoms with Crippen LogP contribution in [0, 0.1) is 10.1 Å². The molecular weight excluding hydrogens is 586 g/mol. The van der Waals surface area contributed by atoms with Gasteiger partial charge in [0.2, 0.25) is 5.91 Å². The quantitative estimate of drug-likeness (QED) is 0.105. The van der Waals surface area contributed by atoms with Gasteiger partial charge in [0, 0.05) is 46.5 Å². The number of nitrogens with one attached hydrogen (secondary N) is 1. The van der Waals surface area contributed by atoms with Gasteiger partial charge in [0.25, 0.3) is 5.69 Å². The number of para-hydroxylation sites is 2. The van der Waals surface area contributed by atoms with Crippen molar-refractivity contribution >= 4 is 63.7 Å². The van der Waals surface area contributed by atoms with E-state index in [1.165, 1.54) is 12.1 Å². The molecule has 39 heavy (non-hydrogen) atoms. The van der Waals surface area contributed by atoms with Gasteiger partial charge in [-0.15, -0.1) is 0 Å². The normalized spacial score (nSPS) is 14.4. The first-order valence-corrected chi connectivity index (χ1v) is 13.4. The molecule has 0 bridgehead atoms. The zero-order chi connectivity index (χ0) is 27.9. The van der Waals surface area contributed by atoms with Crippen molar-refractivity contribution in [2.24, 2.45) is 0 Å². The molecule has 1 aliphatic rings. The van der Waals surface area contributed by atoms with Crippen molar-refractivity contribution in [2.75, 3.05) is 18.5 Å². The summed E-state index contributed by atoms with van der Waals surface area (Å²) in [5, 5.41) is 15.4. The van der Waals surface area contributed by atoms with E-state index in [0.717, 1.165) is 11.1 Å². The minimum atomic E-state index is -0.598. The summed E-state index contributed by atoms with van der Waals surface area (Å²) in [6.07, 6.45) is 3.26. The van der Waals surface area contributed by atoms with Gasteiger partial charge < -0.3 is 19.9 Å². The number of hydrogen-bond donors (Lipinski definition) is 1. The number of amides is 1. The Morgan fingerprint density at radius 3 is 2.46 bits per heavy atom. The molecule has 3 aromatic rings. The van der Waals surface area contributed by atoms with Crippen LogP contribution in [0.5, 0.6) is 0 Å². The third-order valence-electron chi connectivity index (χ3n) is 6.01. The molecule has 0 spiro atoms. The number of carbonyl (C=O) groups is 1. The number of halogens is 4. The molecule has 0 saturated heterocycles. The van der Waals surface area contributed by atoms with Crippen LogP contribution < -0.4 is 5.32 Å². The van der Waals surface area contributed by atoms with Gasteiger partial charge in [-0.05, 0) is 41.5 Å². The lowest BCUT2D eigenvalue weighted by Crippen LogP contribution is -2.36. The lowest BCUT2D eigenvalue weighted by atomic mass is 10.1. The summed E-state index contributed by atoms with van der Waals surface area (Å²) in [7, 11) is 0. The van der Waals surface area contributed by atoms with Crippen LogP contribution in [0.15, 0.2) is 79.1 Å². The molecule has 2 atom stereocenters. The second-order valence-electron chi connectivity index (χ2n) is 8.73. The zero-order valence-corrected chi connectivity index (χ0v) is 23.5. The fraction of sp³-hybridized carbons (Fsp3) is 0.222. The molecular formula is C27H24Cl4N4O4. The highest BCUT2D eigenvalue weighted by Crippen LogP contribution is 2.33.